The fourth-order valence-corrected chi connectivity index (χ4v) is 4.29. The van der Waals surface area contributed by atoms with Crippen LogP contribution >= 0.6 is 48.0 Å². The molecule has 0 aliphatic rings. The Balaban J connectivity index is 1.81. The molecule has 96 valence electrons. The highest BCUT2D eigenvalue weighted by Crippen LogP contribution is 2.22. The molecule has 0 unspecified atom stereocenters. The van der Waals surface area contributed by atoms with Gasteiger partial charge in [0.15, 0.2) is 0 Å². The highest BCUT2D eigenvalue weighted by atomic mass is 32.2. The second kappa shape index (κ2) is 7.80. The monoisotopic (exact) mass is 320 g/mol. The third-order valence-electron chi connectivity index (χ3n) is 2.40. The number of thiocarbonyl (C=S) groups is 2. The highest BCUT2D eigenvalue weighted by molar-refractivity contribution is 8.36. The first-order chi connectivity index (χ1) is 9.27. The Morgan fingerprint density at radius 2 is 1.05 bits per heavy atom. The smallest absolute Gasteiger partial charge is 0.0786 e. The summed E-state index contributed by atoms with van der Waals surface area (Å²) in [5.41, 5.74) is 2.21. The largest absolute Gasteiger partial charge is 0.103 e. The molecule has 0 bridgehead atoms. The lowest BCUT2D eigenvalue weighted by atomic mass is 10.2. The van der Waals surface area contributed by atoms with Crippen molar-refractivity contribution in [2.45, 2.75) is 0 Å². The van der Waals surface area contributed by atoms with Gasteiger partial charge in [-0.15, -0.1) is 23.5 Å². The minimum atomic E-state index is 0.849. The lowest BCUT2D eigenvalue weighted by molar-refractivity contribution is 1.69. The van der Waals surface area contributed by atoms with Gasteiger partial charge in [-0.05, 0) is 11.1 Å². The van der Waals surface area contributed by atoms with Crippen molar-refractivity contribution in [3.8, 4) is 0 Å². The number of rotatable bonds is 4. The van der Waals surface area contributed by atoms with Gasteiger partial charge in [-0.3, -0.25) is 0 Å². The number of benzene rings is 2. The maximum Gasteiger partial charge on any atom is 0.0786 e. The molecule has 4 heteroatoms. The average Bonchev–Trinajstić information content (AvgIpc) is 2.49. The zero-order valence-electron chi connectivity index (χ0n) is 10.1. The molecule has 0 heterocycles. The number of hydrogen-bond acceptors (Lipinski definition) is 4. The van der Waals surface area contributed by atoms with Crippen LogP contribution in [0.1, 0.15) is 11.1 Å². The summed E-state index contributed by atoms with van der Waals surface area (Å²) in [6.45, 7) is 0. The van der Waals surface area contributed by atoms with Gasteiger partial charge in [-0.25, -0.2) is 0 Å². The Kier molecular flexibility index (Phi) is 6.04. The van der Waals surface area contributed by atoms with E-state index in [4.69, 9.17) is 24.4 Å². The van der Waals surface area contributed by atoms with E-state index in [-0.39, 0.29) is 0 Å². The SMILES string of the molecule is S=C(SCSC(=S)c1ccccc1)c1ccccc1. The lowest BCUT2D eigenvalue weighted by Crippen LogP contribution is -1.95. The molecule has 0 radical (unpaired) electrons. The van der Waals surface area contributed by atoms with Gasteiger partial charge in [0.05, 0.1) is 13.5 Å². The summed E-state index contributed by atoms with van der Waals surface area (Å²) in [5, 5.41) is 0.849. The van der Waals surface area contributed by atoms with Crippen molar-refractivity contribution in [1.82, 2.24) is 0 Å². The highest BCUT2D eigenvalue weighted by Gasteiger charge is 2.04. The Hall–Kier alpha value is -0.680. The van der Waals surface area contributed by atoms with E-state index in [0.717, 1.165) is 24.6 Å². The Morgan fingerprint density at radius 3 is 1.42 bits per heavy atom. The van der Waals surface area contributed by atoms with Crippen molar-refractivity contribution in [2.75, 3.05) is 5.08 Å². The van der Waals surface area contributed by atoms with Gasteiger partial charge < -0.3 is 0 Å². The maximum absolute atomic E-state index is 5.40. The molecular formula is C15H12S4. The van der Waals surface area contributed by atoms with E-state index in [1.165, 1.54) is 0 Å². The van der Waals surface area contributed by atoms with Gasteiger partial charge >= 0.3 is 0 Å². The molecule has 0 N–H and O–H groups in total. The minimum Gasteiger partial charge on any atom is -0.103 e. The third kappa shape index (κ3) is 4.73. The Bertz CT molecular complexity index is 497. The van der Waals surface area contributed by atoms with E-state index >= 15 is 0 Å². The summed E-state index contributed by atoms with van der Waals surface area (Å²) in [5.74, 6) is 0. The normalized spacial score (nSPS) is 10.1. The first kappa shape index (κ1) is 14.7. The van der Waals surface area contributed by atoms with Gasteiger partial charge in [0, 0.05) is 0 Å². The summed E-state index contributed by atoms with van der Waals surface area (Å²) in [4.78, 5) is 0. The van der Waals surface area contributed by atoms with Crippen LogP contribution in [0.25, 0.3) is 0 Å². The number of thioether (sulfide) groups is 2. The first-order valence-electron chi connectivity index (χ1n) is 5.72. The zero-order valence-corrected chi connectivity index (χ0v) is 13.4. The van der Waals surface area contributed by atoms with Crippen LogP contribution in [0.15, 0.2) is 60.7 Å². The molecule has 0 saturated carbocycles. The zero-order chi connectivity index (χ0) is 13.5. The quantitative estimate of drug-likeness (QED) is 0.563. The molecule has 0 aliphatic heterocycles. The molecule has 19 heavy (non-hydrogen) atoms. The van der Waals surface area contributed by atoms with Gasteiger partial charge in [0.1, 0.15) is 0 Å². The number of hydrogen-bond donors (Lipinski definition) is 0. The average molecular weight is 321 g/mol. The van der Waals surface area contributed by atoms with Crippen molar-refractivity contribution in [3.63, 3.8) is 0 Å². The standard InChI is InChI=1S/C15H12S4/c16-14(12-7-3-1-4-8-12)18-11-19-15(17)13-9-5-2-6-10-13/h1-10H,11H2. The summed E-state index contributed by atoms with van der Waals surface area (Å²) < 4.78 is 1.84. The van der Waals surface area contributed by atoms with Gasteiger partial charge in [0.2, 0.25) is 0 Å². The van der Waals surface area contributed by atoms with Crippen molar-refractivity contribution >= 4 is 56.4 Å². The molecule has 0 fully saturated rings. The molecule has 0 spiro atoms. The van der Waals surface area contributed by atoms with Gasteiger partial charge in [-0.2, -0.15) is 0 Å². The molecular weight excluding hydrogens is 308 g/mol. The van der Waals surface area contributed by atoms with Crippen molar-refractivity contribution in [1.29, 1.82) is 0 Å². The topological polar surface area (TPSA) is 0 Å². The van der Waals surface area contributed by atoms with E-state index < -0.39 is 0 Å². The predicted molar refractivity (Wildman–Crippen MR) is 96.3 cm³/mol. The predicted octanol–water partition coefficient (Wildman–Crippen LogP) is 5.16. The van der Waals surface area contributed by atoms with Crippen LogP contribution in [0.3, 0.4) is 0 Å². The minimum absolute atomic E-state index is 0.849. The summed E-state index contributed by atoms with van der Waals surface area (Å²) in [6, 6.07) is 20.2. The van der Waals surface area contributed by atoms with E-state index in [2.05, 4.69) is 0 Å². The first-order valence-corrected chi connectivity index (χ1v) is 8.50. The second-order valence-corrected chi connectivity index (χ2v) is 7.38. The molecule has 0 saturated heterocycles. The van der Waals surface area contributed by atoms with Gasteiger partial charge in [-0.1, -0.05) is 85.1 Å². The van der Waals surface area contributed by atoms with E-state index in [9.17, 15) is 0 Å². The molecule has 2 aromatic carbocycles. The van der Waals surface area contributed by atoms with Crippen LogP contribution in [-0.4, -0.2) is 13.5 Å². The fraction of sp³-hybridized carbons (Fsp3) is 0.0667. The third-order valence-corrected chi connectivity index (χ3v) is 5.52. The Morgan fingerprint density at radius 1 is 0.684 bits per heavy atom. The summed E-state index contributed by atoms with van der Waals surface area (Å²) >= 11 is 14.1. The van der Waals surface area contributed by atoms with Crippen LogP contribution < -0.4 is 0 Å². The Labute approximate surface area is 133 Å². The maximum atomic E-state index is 5.40. The van der Waals surface area contributed by atoms with Crippen LogP contribution in [0.5, 0.6) is 0 Å². The van der Waals surface area contributed by atoms with Crippen LogP contribution in [0.2, 0.25) is 0 Å². The fourth-order valence-electron chi connectivity index (χ4n) is 1.45. The molecule has 0 aliphatic carbocycles. The molecule has 2 aromatic rings. The van der Waals surface area contributed by atoms with Crippen molar-refractivity contribution < 1.29 is 0 Å². The van der Waals surface area contributed by atoms with Crippen LogP contribution in [-0.2, 0) is 0 Å². The second-order valence-electron chi connectivity index (χ2n) is 3.71. The van der Waals surface area contributed by atoms with E-state index in [1.54, 1.807) is 23.5 Å². The van der Waals surface area contributed by atoms with Gasteiger partial charge in [0.25, 0.3) is 0 Å². The lowest BCUT2D eigenvalue weighted by Gasteiger charge is -2.05. The summed E-state index contributed by atoms with van der Waals surface area (Å²) in [6.07, 6.45) is 0. The van der Waals surface area contributed by atoms with Crippen LogP contribution in [0.4, 0.5) is 0 Å². The molecule has 2 rings (SSSR count). The van der Waals surface area contributed by atoms with E-state index in [0.29, 0.717) is 0 Å². The summed E-state index contributed by atoms with van der Waals surface area (Å²) in [7, 11) is 0. The molecule has 0 nitrogen and oxygen atoms in total. The van der Waals surface area contributed by atoms with E-state index in [1.807, 2.05) is 60.7 Å². The molecule has 0 atom stereocenters. The van der Waals surface area contributed by atoms with Crippen LogP contribution in [0, 0.1) is 0 Å². The molecule has 0 aromatic heterocycles. The van der Waals surface area contributed by atoms with Crippen molar-refractivity contribution in [2.24, 2.45) is 0 Å². The molecule has 0 amide bonds. The van der Waals surface area contributed by atoms with Crippen molar-refractivity contribution in [3.05, 3.63) is 71.8 Å².